The molecule has 1 fully saturated rings. The normalized spacial score (nSPS) is 17.8. The molecule has 0 N–H and O–H groups in total. The Morgan fingerprint density at radius 2 is 2.12 bits per heavy atom. The maximum Gasteiger partial charge on any atom is 0.165 e. The first kappa shape index (κ1) is 17.8. The number of hydrogen-bond donors (Lipinski definition) is 0. The van der Waals surface area contributed by atoms with E-state index in [0.29, 0.717) is 19.3 Å². The summed E-state index contributed by atoms with van der Waals surface area (Å²) in [5, 5.41) is 4.34. The Morgan fingerprint density at radius 1 is 1.24 bits per heavy atom. The third-order valence-electron chi connectivity index (χ3n) is 4.66. The van der Waals surface area contributed by atoms with E-state index in [-0.39, 0.29) is 0 Å². The average molecular weight is 343 g/mol. The maximum atomic E-state index is 6.06. The molecule has 2 heterocycles. The van der Waals surface area contributed by atoms with E-state index >= 15 is 0 Å². The van der Waals surface area contributed by atoms with Gasteiger partial charge in [0.15, 0.2) is 11.5 Å². The zero-order valence-corrected chi connectivity index (χ0v) is 15.6. The molecular weight excluding hydrogens is 314 g/mol. The van der Waals surface area contributed by atoms with Crippen molar-refractivity contribution in [1.29, 1.82) is 0 Å². The number of benzene rings is 1. The second kappa shape index (κ2) is 8.39. The van der Waals surface area contributed by atoms with Crippen LogP contribution in [-0.4, -0.2) is 34.4 Å². The zero-order chi connectivity index (χ0) is 17.6. The monoisotopic (exact) mass is 343 g/mol. The minimum Gasteiger partial charge on any atom is -0.490 e. The van der Waals surface area contributed by atoms with E-state index < -0.39 is 0 Å². The van der Waals surface area contributed by atoms with Crippen LogP contribution in [0.5, 0.6) is 11.5 Å². The third-order valence-corrected chi connectivity index (χ3v) is 4.66. The molecular formula is C20H29N3O2. The Morgan fingerprint density at radius 3 is 2.84 bits per heavy atom. The van der Waals surface area contributed by atoms with Crippen LogP contribution in [0.4, 0.5) is 0 Å². The summed E-state index contributed by atoms with van der Waals surface area (Å²) >= 11 is 0. The Labute approximate surface area is 150 Å². The average Bonchev–Trinajstić information content (AvgIpc) is 3.23. The number of aromatic nitrogens is 2. The van der Waals surface area contributed by atoms with Crippen molar-refractivity contribution in [2.75, 3.05) is 19.8 Å². The van der Waals surface area contributed by atoms with E-state index in [4.69, 9.17) is 9.47 Å². The zero-order valence-electron chi connectivity index (χ0n) is 15.6. The van der Waals surface area contributed by atoms with Crippen molar-refractivity contribution >= 4 is 0 Å². The summed E-state index contributed by atoms with van der Waals surface area (Å²) in [6, 6.07) is 6.66. The number of ether oxygens (including phenoxy) is 2. The highest BCUT2D eigenvalue weighted by Crippen LogP contribution is 2.37. The summed E-state index contributed by atoms with van der Waals surface area (Å²) < 4.78 is 13.7. The number of para-hydroxylation sites is 1. The van der Waals surface area contributed by atoms with Crippen molar-refractivity contribution in [2.45, 2.75) is 45.7 Å². The van der Waals surface area contributed by atoms with Gasteiger partial charge in [-0.05, 0) is 38.8 Å². The first-order chi connectivity index (χ1) is 12.2. The first-order valence-corrected chi connectivity index (χ1v) is 9.33. The topological polar surface area (TPSA) is 39.5 Å². The van der Waals surface area contributed by atoms with Gasteiger partial charge in [0, 0.05) is 37.0 Å². The van der Waals surface area contributed by atoms with Gasteiger partial charge in [0.1, 0.15) is 0 Å². The van der Waals surface area contributed by atoms with Crippen LogP contribution in [0.1, 0.15) is 50.3 Å². The summed E-state index contributed by atoms with van der Waals surface area (Å²) in [4.78, 5) is 2.53. The standard InChI is InChI=1S/C20H29N3O2/c1-4-12-25-20-16(8-6-10-19(20)24-5-2)15-23-11-7-9-18(23)17-13-21-22(3)14-17/h6,8,10,13-14,18H,4-5,7,9,11-12,15H2,1-3H3. The van der Waals surface area contributed by atoms with Crippen LogP contribution >= 0.6 is 0 Å². The molecule has 5 heteroatoms. The van der Waals surface area contributed by atoms with Crippen molar-refractivity contribution in [1.82, 2.24) is 14.7 Å². The lowest BCUT2D eigenvalue weighted by Gasteiger charge is -2.25. The molecule has 1 unspecified atom stereocenters. The summed E-state index contributed by atoms with van der Waals surface area (Å²) in [6.45, 7) is 7.47. The summed E-state index contributed by atoms with van der Waals surface area (Å²) in [5.41, 5.74) is 2.51. The quantitative estimate of drug-likeness (QED) is 0.728. The SMILES string of the molecule is CCCOc1c(CN2CCCC2c2cnn(C)c2)cccc1OCC. The molecule has 1 saturated heterocycles. The van der Waals surface area contributed by atoms with Crippen molar-refractivity contribution in [3.05, 3.63) is 41.7 Å². The fourth-order valence-corrected chi connectivity index (χ4v) is 3.55. The van der Waals surface area contributed by atoms with E-state index in [1.54, 1.807) is 0 Å². The minimum absolute atomic E-state index is 0.434. The second-order valence-corrected chi connectivity index (χ2v) is 6.60. The number of aryl methyl sites for hydroxylation is 1. The van der Waals surface area contributed by atoms with Gasteiger partial charge in [0.05, 0.1) is 19.4 Å². The highest BCUT2D eigenvalue weighted by molar-refractivity contribution is 5.46. The van der Waals surface area contributed by atoms with E-state index in [9.17, 15) is 0 Å². The van der Waals surface area contributed by atoms with Gasteiger partial charge in [0.25, 0.3) is 0 Å². The van der Waals surface area contributed by atoms with Gasteiger partial charge >= 0.3 is 0 Å². The van der Waals surface area contributed by atoms with Gasteiger partial charge in [-0.15, -0.1) is 0 Å². The van der Waals surface area contributed by atoms with Crippen LogP contribution in [0.25, 0.3) is 0 Å². The largest absolute Gasteiger partial charge is 0.490 e. The smallest absolute Gasteiger partial charge is 0.165 e. The molecule has 5 nitrogen and oxygen atoms in total. The highest BCUT2D eigenvalue weighted by Gasteiger charge is 2.28. The van der Waals surface area contributed by atoms with Crippen molar-refractivity contribution in [2.24, 2.45) is 7.05 Å². The molecule has 0 amide bonds. The molecule has 1 aliphatic heterocycles. The van der Waals surface area contributed by atoms with E-state index in [2.05, 4.69) is 35.3 Å². The summed E-state index contributed by atoms with van der Waals surface area (Å²) in [6.07, 6.45) is 7.52. The second-order valence-electron chi connectivity index (χ2n) is 6.60. The molecule has 0 radical (unpaired) electrons. The highest BCUT2D eigenvalue weighted by atomic mass is 16.5. The molecule has 0 aliphatic carbocycles. The Bertz CT molecular complexity index is 683. The van der Waals surface area contributed by atoms with Crippen LogP contribution in [-0.2, 0) is 13.6 Å². The Kier molecular flexibility index (Phi) is 5.97. The molecule has 2 aromatic rings. The van der Waals surface area contributed by atoms with Gasteiger partial charge in [-0.2, -0.15) is 5.10 Å². The van der Waals surface area contributed by atoms with E-state index in [0.717, 1.165) is 31.0 Å². The van der Waals surface area contributed by atoms with Crippen molar-refractivity contribution in [3.63, 3.8) is 0 Å². The minimum atomic E-state index is 0.434. The van der Waals surface area contributed by atoms with Gasteiger partial charge in [-0.1, -0.05) is 19.1 Å². The molecule has 1 aromatic carbocycles. The lowest BCUT2D eigenvalue weighted by molar-refractivity contribution is 0.234. The van der Waals surface area contributed by atoms with Gasteiger partial charge < -0.3 is 9.47 Å². The molecule has 0 saturated carbocycles. The fraction of sp³-hybridized carbons (Fsp3) is 0.550. The van der Waals surface area contributed by atoms with Gasteiger partial charge in [-0.3, -0.25) is 9.58 Å². The maximum absolute atomic E-state index is 6.06. The number of hydrogen-bond acceptors (Lipinski definition) is 4. The number of likely N-dealkylation sites (tertiary alicyclic amines) is 1. The Hall–Kier alpha value is -2.01. The predicted molar refractivity (Wildman–Crippen MR) is 99.0 cm³/mol. The molecule has 1 aliphatic rings. The summed E-state index contributed by atoms with van der Waals surface area (Å²) in [7, 11) is 1.98. The fourth-order valence-electron chi connectivity index (χ4n) is 3.55. The molecule has 136 valence electrons. The lowest BCUT2D eigenvalue weighted by atomic mass is 10.1. The molecule has 1 atom stereocenters. The van der Waals surface area contributed by atoms with Crippen molar-refractivity contribution in [3.8, 4) is 11.5 Å². The number of nitrogens with zero attached hydrogens (tertiary/aromatic N) is 3. The molecule has 3 rings (SSSR count). The predicted octanol–water partition coefficient (Wildman–Crippen LogP) is 3.94. The van der Waals surface area contributed by atoms with Gasteiger partial charge in [-0.25, -0.2) is 0 Å². The van der Waals surface area contributed by atoms with Crippen molar-refractivity contribution < 1.29 is 9.47 Å². The van der Waals surface area contributed by atoms with E-state index in [1.165, 1.54) is 24.0 Å². The van der Waals surface area contributed by atoms with E-state index in [1.807, 2.05) is 30.9 Å². The van der Waals surface area contributed by atoms with Crippen LogP contribution in [0.2, 0.25) is 0 Å². The van der Waals surface area contributed by atoms with Crippen LogP contribution in [0.3, 0.4) is 0 Å². The van der Waals surface area contributed by atoms with Crippen LogP contribution < -0.4 is 9.47 Å². The van der Waals surface area contributed by atoms with Gasteiger partial charge in [0.2, 0.25) is 0 Å². The Balaban J connectivity index is 1.82. The first-order valence-electron chi connectivity index (χ1n) is 9.33. The van der Waals surface area contributed by atoms with Crippen LogP contribution in [0.15, 0.2) is 30.6 Å². The molecule has 0 bridgehead atoms. The lowest BCUT2D eigenvalue weighted by Crippen LogP contribution is -2.23. The third kappa shape index (κ3) is 4.15. The summed E-state index contributed by atoms with van der Waals surface area (Å²) in [5.74, 6) is 1.76. The van der Waals surface area contributed by atoms with Crippen LogP contribution in [0, 0.1) is 0 Å². The number of rotatable bonds is 8. The molecule has 1 aromatic heterocycles. The molecule has 0 spiro atoms. The molecule has 25 heavy (non-hydrogen) atoms.